The minimum absolute atomic E-state index is 0.169. The minimum Gasteiger partial charge on any atom is -0.461 e. The summed E-state index contributed by atoms with van der Waals surface area (Å²) in [7, 11) is 0. The van der Waals surface area contributed by atoms with Crippen LogP contribution in [0.5, 0.6) is 0 Å². The minimum atomic E-state index is -0.903. The zero-order valence-corrected chi connectivity index (χ0v) is 48.0. The Bertz CT molecular complexity index is 1760. The molecule has 6 heteroatoms. The first-order chi connectivity index (χ1) is 36.9. The summed E-state index contributed by atoms with van der Waals surface area (Å²) in [5.74, 6) is -1.94. The van der Waals surface area contributed by atoms with Gasteiger partial charge in [-0.1, -0.05) is 224 Å². The summed E-state index contributed by atoms with van der Waals surface area (Å²) in [6.45, 7) is 12.0. The predicted molar refractivity (Wildman–Crippen MR) is 324 cm³/mol. The molecule has 6 nitrogen and oxygen atoms in total. The molecule has 3 atom stereocenters. The van der Waals surface area contributed by atoms with Crippen LogP contribution in [0.15, 0.2) is 182 Å². The lowest BCUT2D eigenvalue weighted by atomic mass is 10.00. The second-order valence-corrected chi connectivity index (χ2v) is 18.5. The van der Waals surface area contributed by atoms with E-state index in [4.69, 9.17) is 14.2 Å². The fourth-order valence-corrected chi connectivity index (χ4v) is 7.43. The number of hydrogen-bond donors (Lipinski definition) is 0. The topological polar surface area (TPSA) is 78.9 Å². The Morgan fingerprint density at radius 3 is 0.693 bits per heavy atom. The van der Waals surface area contributed by atoms with E-state index in [0.717, 1.165) is 116 Å². The number of ether oxygens (including phenoxy) is 3. The van der Waals surface area contributed by atoms with Crippen LogP contribution < -0.4 is 0 Å². The molecular formula is C69H104O6. The number of allylic oxidation sites excluding steroid dienone is 30. The average Bonchev–Trinajstić information content (AvgIpc) is 3.41. The third-order valence-electron chi connectivity index (χ3n) is 12.1. The van der Waals surface area contributed by atoms with Crippen molar-refractivity contribution in [1.29, 1.82) is 0 Å². The number of carbonyl (C=O) groups excluding carboxylic acids is 3. The Hall–Kier alpha value is -5.49. The van der Waals surface area contributed by atoms with Gasteiger partial charge in [-0.25, -0.2) is 0 Å². The molecule has 0 aromatic heterocycles. The Balaban J connectivity index is 5.31. The van der Waals surface area contributed by atoms with Gasteiger partial charge in [0.05, 0.1) is 17.8 Å². The summed E-state index contributed by atoms with van der Waals surface area (Å²) < 4.78 is 17.6. The van der Waals surface area contributed by atoms with E-state index in [-0.39, 0.29) is 48.9 Å². The first-order valence-electron chi connectivity index (χ1n) is 29.2. The highest BCUT2D eigenvalue weighted by Gasteiger charge is 2.27. The molecule has 0 saturated heterocycles. The van der Waals surface area contributed by atoms with Crippen molar-refractivity contribution in [2.24, 2.45) is 17.8 Å². The average molecular weight is 1030 g/mol. The van der Waals surface area contributed by atoms with E-state index in [2.05, 4.69) is 203 Å². The summed E-state index contributed by atoms with van der Waals surface area (Å²) in [5, 5.41) is 0. The van der Waals surface area contributed by atoms with Gasteiger partial charge in [0.25, 0.3) is 0 Å². The molecule has 0 aliphatic carbocycles. The van der Waals surface area contributed by atoms with E-state index >= 15 is 0 Å². The van der Waals surface area contributed by atoms with Crippen LogP contribution in [0.1, 0.15) is 196 Å². The molecule has 0 radical (unpaired) electrons. The highest BCUT2D eigenvalue weighted by Crippen LogP contribution is 2.19. The molecule has 3 unspecified atom stereocenters. The van der Waals surface area contributed by atoms with Crippen LogP contribution in [-0.4, -0.2) is 37.2 Å². The zero-order chi connectivity index (χ0) is 54.8. The maximum Gasteiger partial charge on any atom is 0.309 e. The second kappa shape index (κ2) is 56.2. The van der Waals surface area contributed by atoms with Crippen LogP contribution in [-0.2, 0) is 28.6 Å². The van der Waals surface area contributed by atoms with Crippen molar-refractivity contribution < 1.29 is 28.6 Å². The van der Waals surface area contributed by atoms with Gasteiger partial charge in [-0.2, -0.15) is 0 Å². The molecule has 0 spiro atoms. The van der Waals surface area contributed by atoms with E-state index in [1.807, 2.05) is 20.8 Å². The van der Waals surface area contributed by atoms with Gasteiger partial charge in [0, 0.05) is 0 Å². The van der Waals surface area contributed by atoms with Crippen molar-refractivity contribution >= 4 is 17.9 Å². The third kappa shape index (κ3) is 46.8. The Labute approximate surface area is 459 Å². The number of hydrogen-bond acceptors (Lipinski definition) is 6. The van der Waals surface area contributed by atoms with Crippen LogP contribution in [0.25, 0.3) is 0 Å². The molecular weight excluding hydrogens is 925 g/mol. The molecule has 0 rings (SSSR count). The van der Waals surface area contributed by atoms with E-state index in [1.165, 1.54) is 0 Å². The molecule has 416 valence electrons. The van der Waals surface area contributed by atoms with Crippen molar-refractivity contribution in [1.82, 2.24) is 0 Å². The zero-order valence-electron chi connectivity index (χ0n) is 48.0. The quantitative estimate of drug-likeness (QED) is 0.0343. The smallest absolute Gasteiger partial charge is 0.309 e. The summed E-state index contributed by atoms with van der Waals surface area (Å²) in [5.41, 5.74) is 0. The second-order valence-electron chi connectivity index (χ2n) is 18.5. The molecule has 0 amide bonds. The third-order valence-corrected chi connectivity index (χ3v) is 12.1. The first-order valence-corrected chi connectivity index (χ1v) is 29.2. The van der Waals surface area contributed by atoms with Crippen LogP contribution >= 0.6 is 0 Å². The van der Waals surface area contributed by atoms with E-state index in [1.54, 1.807) is 0 Å². The molecule has 0 fully saturated rings. The van der Waals surface area contributed by atoms with Crippen molar-refractivity contribution in [3.63, 3.8) is 0 Å². The fourth-order valence-electron chi connectivity index (χ4n) is 7.43. The standard InChI is InChI=1S/C69H104O6/c1-7-13-16-19-22-25-28-31-34-37-40-43-46-49-52-55-58-63(10-4)67(70)73-61-66(75-69(72)65(12-6)60-57-54-51-48-45-42-39-36-33-30-27-24-21-18-15-9-3)62-74-68(71)64(11-5)59-56-53-50-47-44-41-38-35-32-29-26-23-20-17-14-8-2/h13-18,22-27,31-36,40-45,49-54,63-66H,7-12,19-21,28-30,37-39,46-48,55-62H2,1-6H3/b16-13+,17-14+,18-15+,25-22+,26-23+,27-24+,34-31+,35-32+,36-33+,43-40+,44-41+,45-42+,52-49+,53-50+,54-51+. The number of esters is 3. The highest BCUT2D eigenvalue weighted by atomic mass is 16.6. The lowest BCUT2D eigenvalue weighted by molar-refractivity contribution is -0.172. The molecule has 75 heavy (non-hydrogen) atoms. The van der Waals surface area contributed by atoms with E-state index in [0.29, 0.717) is 38.5 Å². The maximum atomic E-state index is 13.6. The van der Waals surface area contributed by atoms with E-state index in [9.17, 15) is 14.4 Å². The van der Waals surface area contributed by atoms with Crippen LogP contribution in [0, 0.1) is 17.8 Å². The highest BCUT2D eigenvalue weighted by molar-refractivity contribution is 5.74. The van der Waals surface area contributed by atoms with Gasteiger partial charge in [0.1, 0.15) is 13.2 Å². The molecule has 0 saturated carbocycles. The molecule has 0 aromatic rings. The van der Waals surface area contributed by atoms with Crippen LogP contribution in [0.4, 0.5) is 0 Å². The lowest BCUT2D eigenvalue weighted by Crippen LogP contribution is -2.34. The Kier molecular flexibility index (Phi) is 52.1. The normalized spacial score (nSPS) is 14.8. The van der Waals surface area contributed by atoms with Gasteiger partial charge in [-0.05, 0) is 154 Å². The predicted octanol–water partition coefficient (Wildman–Crippen LogP) is 19.7. The summed E-state index contributed by atoms with van der Waals surface area (Å²) in [4.78, 5) is 40.4. The molecule has 0 aromatic carbocycles. The lowest BCUT2D eigenvalue weighted by Gasteiger charge is -2.23. The fraction of sp³-hybridized carbons (Fsp3) is 0.522. The molecule has 0 aliphatic heterocycles. The monoisotopic (exact) mass is 1030 g/mol. The van der Waals surface area contributed by atoms with Gasteiger partial charge in [-0.15, -0.1) is 0 Å². The van der Waals surface area contributed by atoms with Crippen LogP contribution in [0.3, 0.4) is 0 Å². The number of rotatable bonds is 47. The van der Waals surface area contributed by atoms with Crippen molar-refractivity contribution in [3.05, 3.63) is 182 Å². The summed E-state index contributed by atoms with van der Waals surface area (Å²) >= 11 is 0. The van der Waals surface area contributed by atoms with Crippen molar-refractivity contribution in [2.75, 3.05) is 13.2 Å². The van der Waals surface area contributed by atoms with Gasteiger partial charge in [-0.3, -0.25) is 14.4 Å². The molecule has 0 heterocycles. The molecule has 0 N–H and O–H groups in total. The van der Waals surface area contributed by atoms with E-state index < -0.39 is 6.10 Å². The Morgan fingerprint density at radius 1 is 0.280 bits per heavy atom. The molecule has 0 bridgehead atoms. The summed E-state index contributed by atoms with van der Waals surface area (Å²) in [6, 6.07) is 0. The largest absolute Gasteiger partial charge is 0.461 e. The van der Waals surface area contributed by atoms with Gasteiger partial charge in [0.15, 0.2) is 6.10 Å². The van der Waals surface area contributed by atoms with Crippen molar-refractivity contribution in [2.45, 2.75) is 202 Å². The first kappa shape index (κ1) is 69.5. The molecule has 0 aliphatic rings. The Morgan fingerprint density at radius 2 is 0.480 bits per heavy atom. The number of carbonyl (C=O) groups is 3. The summed E-state index contributed by atoms with van der Waals surface area (Å²) in [6.07, 6.45) is 84.7. The van der Waals surface area contributed by atoms with Crippen molar-refractivity contribution in [3.8, 4) is 0 Å². The maximum absolute atomic E-state index is 13.6. The van der Waals surface area contributed by atoms with Crippen LogP contribution in [0.2, 0.25) is 0 Å². The van der Waals surface area contributed by atoms with Gasteiger partial charge < -0.3 is 14.2 Å². The van der Waals surface area contributed by atoms with Gasteiger partial charge in [0.2, 0.25) is 0 Å². The SMILES string of the molecule is CC/C=C/C/C=C/C/C=C/C/C=C/C/C=C/CCC(CC)C(=O)OCC(COC(=O)C(CC)CC/C=C/C/C=C/C/C=C/C/C=C/C/C=C/CC)OC(=O)C(CC)CC/C=C/C/C=C/C/C=C/C/C=C/C/C=C/CC. The van der Waals surface area contributed by atoms with Gasteiger partial charge >= 0.3 is 17.9 Å².